The molecule has 20 heavy (non-hydrogen) atoms. The molecule has 4 heteroatoms. The maximum Gasteiger partial charge on any atom is 0.132 e. The van der Waals surface area contributed by atoms with Crippen LogP contribution < -0.4 is 0 Å². The van der Waals surface area contributed by atoms with Crippen molar-refractivity contribution in [3.8, 4) is 5.69 Å². The summed E-state index contributed by atoms with van der Waals surface area (Å²) < 4.78 is 3.34. The van der Waals surface area contributed by atoms with Crippen LogP contribution in [0.2, 0.25) is 0 Å². The normalized spacial score (nSPS) is 12.8. The number of aryl methyl sites for hydroxylation is 1. The Morgan fingerprint density at radius 3 is 2.65 bits per heavy atom. The second-order valence-electron chi connectivity index (χ2n) is 4.86. The molecule has 3 rings (SSSR count). The number of rotatable bonds is 2. The number of hydrogen-bond donors (Lipinski definition) is 0. The van der Waals surface area contributed by atoms with E-state index in [1.54, 1.807) is 0 Å². The van der Waals surface area contributed by atoms with Crippen LogP contribution in [0.15, 0.2) is 42.5 Å². The molecule has 2 nitrogen and oxygen atoms in total. The molecule has 3 aromatic rings. The number of halogens is 2. The van der Waals surface area contributed by atoms with Crippen molar-refractivity contribution in [1.82, 2.24) is 9.55 Å². The molecule has 2 aromatic carbocycles. The second kappa shape index (κ2) is 5.37. The van der Waals surface area contributed by atoms with Crippen LogP contribution in [0.5, 0.6) is 0 Å². The minimum absolute atomic E-state index is 0.140. The maximum atomic E-state index is 6.34. The highest BCUT2D eigenvalue weighted by Crippen LogP contribution is 2.30. The van der Waals surface area contributed by atoms with Gasteiger partial charge in [0, 0.05) is 3.57 Å². The van der Waals surface area contributed by atoms with Gasteiger partial charge in [-0.3, -0.25) is 4.57 Å². The van der Waals surface area contributed by atoms with Gasteiger partial charge >= 0.3 is 0 Å². The lowest BCUT2D eigenvalue weighted by Crippen LogP contribution is -2.03. The lowest BCUT2D eigenvalue weighted by Gasteiger charge is -2.12. The third-order valence-electron chi connectivity index (χ3n) is 3.29. The Balaban J connectivity index is 2.38. The molecule has 0 spiro atoms. The van der Waals surface area contributed by atoms with Crippen LogP contribution in [-0.2, 0) is 0 Å². The van der Waals surface area contributed by atoms with Crippen molar-refractivity contribution < 1.29 is 0 Å². The molecule has 0 aliphatic rings. The average Bonchev–Trinajstić information content (AvgIpc) is 2.78. The molecule has 0 N–H and O–H groups in total. The predicted molar refractivity (Wildman–Crippen MR) is 92.8 cm³/mol. The Hall–Kier alpha value is -1.07. The number of alkyl halides is 1. The van der Waals surface area contributed by atoms with Gasteiger partial charge in [0.2, 0.25) is 0 Å². The summed E-state index contributed by atoms with van der Waals surface area (Å²) in [6.45, 7) is 4.04. The summed E-state index contributed by atoms with van der Waals surface area (Å²) in [5, 5.41) is -0.140. The van der Waals surface area contributed by atoms with E-state index in [-0.39, 0.29) is 5.38 Å². The predicted octanol–water partition coefficient (Wildman–Crippen LogP) is 5.24. The van der Waals surface area contributed by atoms with Gasteiger partial charge in [0.1, 0.15) is 5.82 Å². The monoisotopic (exact) mass is 396 g/mol. The molecular formula is C16H14ClIN2. The number of nitrogens with zero attached hydrogens (tertiary/aromatic N) is 2. The molecule has 1 aromatic heterocycles. The molecule has 0 aliphatic heterocycles. The Kier molecular flexibility index (Phi) is 3.73. The first-order valence-corrected chi connectivity index (χ1v) is 7.97. The third kappa shape index (κ3) is 2.33. The van der Waals surface area contributed by atoms with Crippen LogP contribution in [0.25, 0.3) is 16.7 Å². The molecule has 102 valence electrons. The first-order valence-electron chi connectivity index (χ1n) is 6.46. The summed E-state index contributed by atoms with van der Waals surface area (Å²) in [7, 11) is 0. The molecule has 0 bridgehead atoms. The molecular weight excluding hydrogens is 383 g/mol. The zero-order valence-electron chi connectivity index (χ0n) is 11.3. The average molecular weight is 397 g/mol. The van der Waals surface area contributed by atoms with E-state index in [4.69, 9.17) is 16.6 Å². The van der Waals surface area contributed by atoms with E-state index in [0.29, 0.717) is 0 Å². The van der Waals surface area contributed by atoms with Gasteiger partial charge in [0.25, 0.3) is 0 Å². The van der Waals surface area contributed by atoms with E-state index in [1.807, 2.05) is 19.1 Å². The van der Waals surface area contributed by atoms with E-state index in [9.17, 15) is 0 Å². The summed E-state index contributed by atoms with van der Waals surface area (Å²) in [5.41, 5.74) is 4.43. The smallest absolute Gasteiger partial charge is 0.132 e. The third-order valence-corrected chi connectivity index (χ3v) is 4.39. The highest BCUT2D eigenvalue weighted by atomic mass is 127. The van der Waals surface area contributed by atoms with E-state index in [0.717, 1.165) is 22.5 Å². The fourth-order valence-corrected chi connectivity index (χ4v) is 3.14. The van der Waals surface area contributed by atoms with Crippen molar-refractivity contribution in [2.45, 2.75) is 19.2 Å². The molecule has 0 radical (unpaired) electrons. The van der Waals surface area contributed by atoms with Crippen LogP contribution in [-0.4, -0.2) is 9.55 Å². The molecule has 0 aliphatic carbocycles. The second-order valence-corrected chi connectivity index (χ2v) is 6.68. The molecule has 1 atom stereocenters. The SMILES string of the molecule is Cc1ccc2c(c1)nc(C(C)Cl)n2-c1ccccc1I. The van der Waals surface area contributed by atoms with Gasteiger partial charge in [-0.25, -0.2) is 4.98 Å². The van der Waals surface area contributed by atoms with Crippen molar-refractivity contribution in [2.75, 3.05) is 0 Å². The first kappa shape index (κ1) is 13.9. The summed E-state index contributed by atoms with van der Waals surface area (Å²) in [6.07, 6.45) is 0. The van der Waals surface area contributed by atoms with Gasteiger partial charge in [-0.15, -0.1) is 11.6 Å². The van der Waals surface area contributed by atoms with Gasteiger partial charge in [0.15, 0.2) is 0 Å². The fourth-order valence-electron chi connectivity index (χ4n) is 2.36. The molecule has 1 unspecified atom stereocenters. The largest absolute Gasteiger partial charge is 0.294 e. The van der Waals surface area contributed by atoms with E-state index >= 15 is 0 Å². The quantitative estimate of drug-likeness (QED) is 0.428. The van der Waals surface area contributed by atoms with Gasteiger partial charge < -0.3 is 0 Å². The number of hydrogen-bond acceptors (Lipinski definition) is 1. The van der Waals surface area contributed by atoms with Crippen molar-refractivity contribution >= 4 is 45.2 Å². The fraction of sp³-hybridized carbons (Fsp3) is 0.188. The van der Waals surface area contributed by atoms with E-state index in [2.05, 4.69) is 64.4 Å². The molecule has 0 saturated carbocycles. The van der Waals surface area contributed by atoms with Gasteiger partial charge in [-0.2, -0.15) is 0 Å². The van der Waals surface area contributed by atoms with Crippen molar-refractivity contribution in [3.63, 3.8) is 0 Å². The van der Waals surface area contributed by atoms with Gasteiger partial charge in [-0.05, 0) is 66.3 Å². The summed E-state index contributed by atoms with van der Waals surface area (Å²) >= 11 is 8.69. The lowest BCUT2D eigenvalue weighted by atomic mass is 10.2. The Morgan fingerprint density at radius 1 is 1.20 bits per heavy atom. The lowest BCUT2D eigenvalue weighted by molar-refractivity contribution is 0.880. The minimum atomic E-state index is -0.140. The minimum Gasteiger partial charge on any atom is -0.294 e. The Morgan fingerprint density at radius 2 is 1.95 bits per heavy atom. The number of imidazole rings is 1. The van der Waals surface area contributed by atoms with Crippen LogP contribution in [0.4, 0.5) is 0 Å². The van der Waals surface area contributed by atoms with Crippen LogP contribution in [0.1, 0.15) is 23.7 Å². The van der Waals surface area contributed by atoms with Gasteiger partial charge in [-0.1, -0.05) is 18.2 Å². The van der Waals surface area contributed by atoms with Gasteiger partial charge in [0.05, 0.1) is 22.1 Å². The molecule has 0 amide bonds. The zero-order chi connectivity index (χ0) is 14.3. The highest BCUT2D eigenvalue weighted by molar-refractivity contribution is 14.1. The highest BCUT2D eigenvalue weighted by Gasteiger charge is 2.17. The maximum absolute atomic E-state index is 6.34. The van der Waals surface area contributed by atoms with E-state index in [1.165, 1.54) is 9.13 Å². The Labute approximate surface area is 136 Å². The van der Waals surface area contributed by atoms with Crippen molar-refractivity contribution in [3.05, 3.63) is 57.4 Å². The first-order chi connectivity index (χ1) is 9.58. The summed E-state index contributed by atoms with van der Waals surface area (Å²) in [4.78, 5) is 4.72. The zero-order valence-corrected chi connectivity index (χ0v) is 14.2. The standard InChI is InChI=1S/C16H14ClIN2/c1-10-7-8-15-13(9-10)19-16(11(2)17)20(15)14-6-4-3-5-12(14)18/h3-9,11H,1-2H3. The van der Waals surface area contributed by atoms with Crippen LogP contribution in [0, 0.1) is 10.5 Å². The number of aromatic nitrogens is 2. The summed E-state index contributed by atoms with van der Waals surface area (Å²) in [6, 6.07) is 14.6. The molecule has 0 saturated heterocycles. The molecule has 0 fully saturated rings. The van der Waals surface area contributed by atoms with Crippen LogP contribution in [0.3, 0.4) is 0 Å². The van der Waals surface area contributed by atoms with Crippen molar-refractivity contribution in [2.24, 2.45) is 0 Å². The van der Waals surface area contributed by atoms with E-state index < -0.39 is 0 Å². The number of benzene rings is 2. The Bertz CT molecular complexity index is 777. The summed E-state index contributed by atoms with van der Waals surface area (Å²) in [5.74, 6) is 0.886. The number of para-hydroxylation sites is 1. The van der Waals surface area contributed by atoms with Crippen molar-refractivity contribution in [1.29, 1.82) is 0 Å². The van der Waals surface area contributed by atoms with Crippen LogP contribution >= 0.6 is 34.2 Å². The number of fused-ring (bicyclic) bond motifs is 1. The molecule has 1 heterocycles. The topological polar surface area (TPSA) is 17.8 Å².